The van der Waals surface area contributed by atoms with Crippen molar-refractivity contribution in [2.75, 3.05) is 0 Å². The van der Waals surface area contributed by atoms with Gasteiger partial charge in [-0.15, -0.1) is 0 Å². The van der Waals surface area contributed by atoms with Crippen molar-refractivity contribution < 1.29 is 4.43 Å². The Balaban J connectivity index is 4.12. The number of hydrogen-bond acceptors (Lipinski definition) is 2. The van der Waals surface area contributed by atoms with Crippen LogP contribution in [0.4, 0.5) is 0 Å². The second-order valence-electron chi connectivity index (χ2n) is 7.05. The summed E-state index contributed by atoms with van der Waals surface area (Å²) >= 11 is 0. The van der Waals surface area contributed by atoms with E-state index in [1.54, 1.807) is 0 Å². The molecule has 0 radical (unpaired) electrons. The predicted octanol–water partition coefficient (Wildman–Crippen LogP) is 5.82. The predicted molar refractivity (Wildman–Crippen MR) is 90.2 cm³/mol. The van der Waals surface area contributed by atoms with Gasteiger partial charge < -0.3 is 4.43 Å². The molecule has 2 nitrogen and oxygen atoms in total. The van der Waals surface area contributed by atoms with E-state index in [2.05, 4.69) is 59.0 Å². The summed E-state index contributed by atoms with van der Waals surface area (Å²) < 4.78 is 6.12. The van der Waals surface area contributed by atoms with Gasteiger partial charge in [0, 0.05) is 6.42 Å². The first kappa shape index (κ1) is 19.4. The summed E-state index contributed by atoms with van der Waals surface area (Å²) in [6.45, 7) is 13.2. The summed E-state index contributed by atoms with van der Waals surface area (Å²) in [5.41, 5.74) is 0. The maximum absolute atomic E-state index is 9.24. The molecule has 0 heterocycles. The molecular formula is C17H33NOSi. The van der Waals surface area contributed by atoms with Gasteiger partial charge in [-0.1, -0.05) is 59.1 Å². The Morgan fingerprint density at radius 1 is 1.15 bits per heavy atom. The summed E-state index contributed by atoms with van der Waals surface area (Å²) in [6.07, 6.45) is 11.0. The quantitative estimate of drug-likeness (QED) is 0.305. The molecule has 0 saturated heterocycles. The number of hydrogen-bond donors (Lipinski definition) is 0. The number of rotatable bonds is 9. The van der Waals surface area contributed by atoms with Gasteiger partial charge in [0.2, 0.25) is 0 Å². The molecule has 116 valence electrons. The Hall–Kier alpha value is -0.593. The van der Waals surface area contributed by atoms with Gasteiger partial charge in [-0.25, -0.2) is 0 Å². The molecule has 0 rings (SSSR count). The maximum atomic E-state index is 9.24. The second kappa shape index (κ2) is 9.36. The Morgan fingerprint density at radius 3 is 2.30 bits per heavy atom. The molecule has 1 atom stereocenters. The van der Waals surface area contributed by atoms with Crippen LogP contribution in [0.25, 0.3) is 0 Å². The number of nitriles is 1. The zero-order chi connectivity index (χ0) is 15.6. The first-order chi connectivity index (χ1) is 9.24. The van der Waals surface area contributed by atoms with Crippen LogP contribution in [0.2, 0.25) is 18.1 Å². The van der Waals surface area contributed by atoms with Crippen molar-refractivity contribution in [3.63, 3.8) is 0 Å². The van der Waals surface area contributed by atoms with Crippen LogP contribution in [0.15, 0.2) is 12.2 Å². The van der Waals surface area contributed by atoms with Gasteiger partial charge in [-0.3, -0.25) is 0 Å². The third kappa shape index (κ3) is 7.87. The summed E-state index contributed by atoms with van der Waals surface area (Å²) in [4.78, 5) is 0. The van der Waals surface area contributed by atoms with E-state index in [4.69, 9.17) is 4.43 Å². The van der Waals surface area contributed by atoms with Crippen molar-refractivity contribution >= 4 is 8.32 Å². The fourth-order valence-corrected chi connectivity index (χ4v) is 2.90. The first-order valence-electron chi connectivity index (χ1n) is 7.97. The zero-order valence-corrected chi connectivity index (χ0v) is 15.3. The molecule has 0 spiro atoms. The average Bonchev–Trinajstić information content (AvgIpc) is 2.34. The smallest absolute Gasteiger partial charge is 0.193 e. The maximum Gasteiger partial charge on any atom is 0.193 e. The number of unbranched alkanes of at least 4 members (excludes halogenated alkanes) is 4. The van der Waals surface area contributed by atoms with E-state index >= 15 is 0 Å². The highest BCUT2D eigenvalue weighted by Gasteiger charge is 2.38. The molecule has 0 aromatic heterocycles. The Morgan fingerprint density at radius 2 is 1.80 bits per heavy atom. The molecule has 0 aromatic rings. The molecular weight excluding hydrogens is 262 g/mol. The average molecular weight is 296 g/mol. The zero-order valence-electron chi connectivity index (χ0n) is 14.3. The summed E-state index contributed by atoms with van der Waals surface area (Å²) in [5, 5.41) is 9.40. The molecule has 0 aromatic carbocycles. The van der Waals surface area contributed by atoms with E-state index in [1.165, 1.54) is 25.7 Å². The normalized spacial score (nSPS) is 14.4. The van der Waals surface area contributed by atoms with Gasteiger partial charge in [-0.2, -0.15) is 5.26 Å². The fraction of sp³-hybridized carbons (Fsp3) is 0.824. The lowest BCUT2D eigenvalue weighted by molar-refractivity contribution is 0.234. The van der Waals surface area contributed by atoms with Crippen LogP contribution < -0.4 is 0 Å². The van der Waals surface area contributed by atoms with E-state index in [-0.39, 0.29) is 11.1 Å². The standard InChI is InChI=1S/C17H33NOSi/c1-7-8-9-10-11-12-13-14-16(15-18)19-20(5,6)17(2,3)4/h12-13,16H,7-11,14H2,1-6H3/b13-12-. The van der Waals surface area contributed by atoms with Gasteiger partial charge in [0.1, 0.15) is 6.10 Å². The minimum Gasteiger partial charge on any atom is -0.401 e. The highest BCUT2D eigenvalue weighted by Crippen LogP contribution is 2.37. The molecule has 1 unspecified atom stereocenters. The molecule has 0 aliphatic rings. The van der Waals surface area contributed by atoms with Gasteiger partial charge in [-0.05, 0) is 31.0 Å². The fourth-order valence-electron chi connectivity index (χ4n) is 1.69. The van der Waals surface area contributed by atoms with Gasteiger partial charge in [0.25, 0.3) is 0 Å². The molecule has 0 amide bonds. The van der Waals surface area contributed by atoms with Crippen LogP contribution in [0.3, 0.4) is 0 Å². The summed E-state index contributed by atoms with van der Waals surface area (Å²) in [7, 11) is -1.83. The highest BCUT2D eigenvalue weighted by molar-refractivity contribution is 6.74. The largest absolute Gasteiger partial charge is 0.401 e. The molecule has 0 bridgehead atoms. The van der Waals surface area contributed by atoms with Crippen LogP contribution in [-0.4, -0.2) is 14.4 Å². The summed E-state index contributed by atoms with van der Waals surface area (Å²) in [6, 6.07) is 2.30. The minimum atomic E-state index is -1.83. The lowest BCUT2D eigenvalue weighted by Crippen LogP contribution is -2.43. The molecule has 3 heteroatoms. The van der Waals surface area contributed by atoms with Gasteiger partial charge in [0.05, 0.1) is 6.07 Å². The van der Waals surface area contributed by atoms with Crippen LogP contribution in [0, 0.1) is 11.3 Å². The molecule has 0 fully saturated rings. The molecule has 0 aliphatic heterocycles. The van der Waals surface area contributed by atoms with Gasteiger partial charge >= 0.3 is 0 Å². The topological polar surface area (TPSA) is 33.0 Å². The van der Waals surface area contributed by atoms with Crippen molar-refractivity contribution in [3.8, 4) is 6.07 Å². The van der Waals surface area contributed by atoms with E-state index in [0.29, 0.717) is 0 Å². The highest BCUT2D eigenvalue weighted by atomic mass is 28.4. The summed E-state index contributed by atoms with van der Waals surface area (Å²) in [5.74, 6) is 0. The molecule has 0 N–H and O–H groups in total. The second-order valence-corrected chi connectivity index (χ2v) is 11.8. The Labute approximate surface area is 127 Å². The molecule has 0 saturated carbocycles. The van der Waals surface area contributed by atoms with Crippen molar-refractivity contribution in [3.05, 3.63) is 12.2 Å². The lowest BCUT2D eigenvalue weighted by Gasteiger charge is -2.37. The SMILES string of the molecule is CCCCCC/C=C\CC(C#N)O[Si](C)(C)C(C)(C)C. The van der Waals surface area contributed by atoms with Crippen LogP contribution in [-0.2, 0) is 4.43 Å². The Kier molecular flexibility index (Phi) is 9.08. The third-order valence-electron chi connectivity index (χ3n) is 4.13. The van der Waals surface area contributed by atoms with E-state index in [1.807, 2.05) is 0 Å². The Bertz CT molecular complexity index is 323. The van der Waals surface area contributed by atoms with Crippen molar-refractivity contribution in [1.29, 1.82) is 5.26 Å². The third-order valence-corrected chi connectivity index (χ3v) is 8.61. The molecule has 20 heavy (non-hydrogen) atoms. The van der Waals surface area contributed by atoms with E-state index in [9.17, 15) is 5.26 Å². The minimum absolute atomic E-state index is 0.159. The van der Waals surface area contributed by atoms with Gasteiger partial charge in [0.15, 0.2) is 8.32 Å². The van der Waals surface area contributed by atoms with Crippen molar-refractivity contribution in [2.24, 2.45) is 0 Å². The van der Waals surface area contributed by atoms with Crippen LogP contribution >= 0.6 is 0 Å². The van der Waals surface area contributed by atoms with E-state index < -0.39 is 8.32 Å². The lowest BCUT2D eigenvalue weighted by atomic mass is 10.1. The number of allylic oxidation sites excluding steroid dienone is 1. The van der Waals surface area contributed by atoms with Crippen LogP contribution in [0.1, 0.15) is 66.2 Å². The number of nitrogens with zero attached hydrogens (tertiary/aromatic N) is 1. The van der Waals surface area contributed by atoms with Crippen molar-refractivity contribution in [1.82, 2.24) is 0 Å². The van der Waals surface area contributed by atoms with Crippen LogP contribution in [0.5, 0.6) is 0 Å². The monoisotopic (exact) mass is 295 g/mol. The van der Waals surface area contributed by atoms with Crippen molar-refractivity contribution in [2.45, 2.75) is 90.5 Å². The first-order valence-corrected chi connectivity index (χ1v) is 10.9. The molecule has 0 aliphatic carbocycles. The van der Waals surface area contributed by atoms with E-state index in [0.717, 1.165) is 12.8 Å².